The summed E-state index contributed by atoms with van der Waals surface area (Å²) >= 11 is 6.02. The van der Waals surface area contributed by atoms with Crippen LogP contribution in [0.4, 0.5) is 11.8 Å². The van der Waals surface area contributed by atoms with Gasteiger partial charge in [-0.15, -0.1) is 0 Å². The molecule has 1 aliphatic carbocycles. The van der Waals surface area contributed by atoms with E-state index in [-0.39, 0.29) is 0 Å². The zero-order chi connectivity index (χ0) is 14.1. The Hall–Kier alpha value is -1.82. The van der Waals surface area contributed by atoms with Crippen LogP contribution in [0.2, 0.25) is 5.15 Å². The Balaban J connectivity index is 1.69. The molecule has 2 aromatic heterocycles. The largest absolute Gasteiger partial charge is 0.364 e. The summed E-state index contributed by atoms with van der Waals surface area (Å²) in [6, 6.07) is 2.21. The van der Waals surface area contributed by atoms with Gasteiger partial charge in [0.05, 0.1) is 12.2 Å². The first-order chi connectivity index (χ1) is 9.61. The maximum Gasteiger partial charge on any atom is 0.226 e. The van der Waals surface area contributed by atoms with E-state index in [4.69, 9.17) is 11.6 Å². The summed E-state index contributed by atoms with van der Waals surface area (Å²) in [6.07, 6.45) is 2.34. The van der Waals surface area contributed by atoms with Gasteiger partial charge in [0.1, 0.15) is 11.0 Å². The Morgan fingerprint density at radius 2 is 2.15 bits per heavy atom. The summed E-state index contributed by atoms with van der Waals surface area (Å²) in [6.45, 7) is 4.65. The van der Waals surface area contributed by atoms with E-state index in [9.17, 15) is 0 Å². The Morgan fingerprint density at radius 1 is 1.35 bits per heavy atom. The molecule has 3 rings (SSSR count). The monoisotopic (exact) mass is 292 g/mol. The number of aromatic nitrogens is 4. The molecule has 1 fully saturated rings. The average molecular weight is 293 g/mol. The fourth-order valence-corrected chi connectivity index (χ4v) is 2.05. The molecule has 0 radical (unpaired) electrons. The third-order valence-corrected chi connectivity index (χ3v) is 3.59. The highest BCUT2D eigenvalue weighted by Crippen LogP contribution is 2.24. The van der Waals surface area contributed by atoms with Gasteiger partial charge in [0, 0.05) is 17.8 Å². The second kappa shape index (κ2) is 5.28. The normalized spacial score (nSPS) is 14.3. The van der Waals surface area contributed by atoms with E-state index in [0.717, 1.165) is 17.0 Å². The fourth-order valence-electron chi connectivity index (χ4n) is 1.86. The van der Waals surface area contributed by atoms with Crippen LogP contribution in [0.25, 0.3) is 0 Å². The molecular formula is C13H17ClN6. The van der Waals surface area contributed by atoms with Crippen LogP contribution in [0.3, 0.4) is 0 Å². The van der Waals surface area contributed by atoms with Crippen molar-refractivity contribution in [1.82, 2.24) is 20.2 Å². The number of anilines is 2. The minimum absolute atomic E-state index is 0.431. The van der Waals surface area contributed by atoms with Crippen molar-refractivity contribution in [2.45, 2.75) is 39.3 Å². The molecule has 0 amide bonds. The zero-order valence-electron chi connectivity index (χ0n) is 11.5. The SMILES string of the molecule is Cc1[nH]nc(CNc2cc(Cl)nc(NC3CC3)n2)c1C. The Bertz CT molecular complexity index is 619. The molecule has 0 saturated heterocycles. The maximum absolute atomic E-state index is 6.02. The number of nitrogens with one attached hydrogen (secondary N) is 3. The molecule has 20 heavy (non-hydrogen) atoms. The first-order valence-electron chi connectivity index (χ1n) is 6.67. The average Bonchev–Trinajstić information content (AvgIpc) is 3.15. The van der Waals surface area contributed by atoms with Crippen LogP contribution in [0.1, 0.15) is 29.8 Å². The van der Waals surface area contributed by atoms with Gasteiger partial charge in [-0.1, -0.05) is 11.6 Å². The summed E-state index contributed by atoms with van der Waals surface area (Å²) in [5, 5.41) is 14.1. The summed E-state index contributed by atoms with van der Waals surface area (Å²) in [7, 11) is 0. The smallest absolute Gasteiger partial charge is 0.226 e. The molecule has 3 N–H and O–H groups in total. The van der Waals surface area contributed by atoms with E-state index in [1.807, 2.05) is 13.8 Å². The van der Waals surface area contributed by atoms with Crippen molar-refractivity contribution < 1.29 is 0 Å². The van der Waals surface area contributed by atoms with Crippen molar-refractivity contribution in [3.8, 4) is 0 Å². The lowest BCUT2D eigenvalue weighted by Crippen LogP contribution is -2.09. The first-order valence-corrected chi connectivity index (χ1v) is 7.05. The Kier molecular flexibility index (Phi) is 3.48. The first kappa shape index (κ1) is 13.2. The van der Waals surface area contributed by atoms with Crippen molar-refractivity contribution in [2.24, 2.45) is 0 Å². The molecule has 0 aromatic carbocycles. The molecule has 0 aliphatic heterocycles. The standard InChI is InChI=1S/C13H17ClN6/c1-7-8(2)19-20-10(7)6-15-12-5-11(14)17-13(18-12)16-9-3-4-9/h5,9H,3-4,6H2,1-2H3,(H,19,20)(H2,15,16,17,18). The number of aryl methyl sites for hydroxylation is 1. The highest BCUT2D eigenvalue weighted by atomic mass is 35.5. The minimum atomic E-state index is 0.431. The third-order valence-electron chi connectivity index (χ3n) is 3.40. The van der Waals surface area contributed by atoms with Gasteiger partial charge in [-0.2, -0.15) is 10.1 Å². The van der Waals surface area contributed by atoms with Crippen molar-refractivity contribution in [2.75, 3.05) is 10.6 Å². The van der Waals surface area contributed by atoms with Crippen LogP contribution in [-0.4, -0.2) is 26.2 Å². The fraction of sp³-hybridized carbons (Fsp3) is 0.462. The summed E-state index contributed by atoms with van der Waals surface area (Å²) in [5.74, 6) is 1.28. The van der Waals surface area contributed by atoms with Gasteiger partial charge in [0.15, 0.2) is 0 Å². The van der Waals surface area contributed by atoms with E-state index in [2.05, 4.69) is 30.8 Å². The van der Waals surface area contributed by atoms with Crippen molar-refractivity contribution in [3.05, 3.63) is 28.2 Å². The van der Waals surface area contributed by atoms with Crippen molar-refractivity contribution >= 4 is 23.4 Å². The number of H-pyrrole nitrogens is 1. The molecule has 0 bridgehead atoms. The topological polar surface area (TPSA) is 78.5 Å². The molecule has 7 heteroatoms. The van der Waals surface area contributed by atoms with Gasteiger partial charge in [-0.05, 0) is 32.3 Å². The van der Waals surface area contributed by atoms with E-state index in [0.29, 0.717) is 29.5 Å². The molecule has 1 aliphatic rings. The van der Waals surface area contributed by atoms with Crippen LogP contribution in [-0.2, 0) is 6.54 Å². The van der Waals surface area contributed by atoms with Gasteiger partial charge in [-0.25, -0.2) is 4.98 Å². The molecule has 106 valence electrons. The number of nitrogens with zero attached hydrogens (tertiary/aromatic N) is 3. The summed E-state index contributed by atoms with van der Waals surface area (Å²) in [4.78, 5) is 8.58. The van der Waals surface area contributed by atoms with E-state index in [1.54, 1.807) is 6.07 Å². The van der Waals surface area contributed by atoms with Gasteiger partial charge >= 0.3 is 0 Å². The molecule has 0 spiro atoms. The number of aromatic amines is 1. The quantitative estimate of drug-likeness (QED) is 0.739. The highest BCUT2D eigenvalue weighted by Gasteiger charge is 2.22. The van der Waals surface area contributed by atoms with Gasteiger partial charge in [0.25, 0.3) is 0 Å². The maximum atomic E-state index is 6.02. The van der Waals surface area contributed by atoms with Crippen LogP contribution in [0.5, 0.6) is 0 Å². The van der Waals surface area contributed by atoms with Gasteiger partial charge in [-0.3, -0.25) is 5.10 Å². The van der Waals surface area contributed by atoms with Crippen LogP contribution < -0.4 is 10.6 Å². The van der Waals surface area contributed by atoms with E-state index >= 15 is 0 Å². The Labute approximate surface area is 122 Å². The molecular weight excluding hydrogens is 276 g/mol. The molecule has 0 atom stereocenters. The number of hydrogen-bond donors (Lipinski definition) is 3. The molecule has 2 aromatic rings. The van der Waals surface area contributed by atoms with E-state index in [1.165, 1.54) is 12.8 Å². The summed E-state index contributed by atoms with van der Waals surface area (Å²) < 4.78 is 0. The molecule has 0 unspecified atom stereocenters. The summed E-state index contributed by atoms with van der Waals surface area (Å²) in [5.41, 5.74) is 3.22. The molecule has 1 saturated carbocycles. The number of halogens is 1. The van der Waals surface area contributed by atoms with Crippen molar-refractivity contribution in [3.63, 3.8) is 0 Å². The van der Waals surface area contributed by atoms with Crippen LogP contribution in [0, 0.1) is 13.8 Å². The van der Waals surface area contributed by atoms with Gasteiger partial charge in [0.2, 0.25) is 5.95 Å². The number of hydrogen-bond acceptors (Lipinski definition) is 5. The molecule has 2 heterocycles. The third kappa shape index (κ3) is 3.01. The predicted octanol–water partition coefficient (Wildman–Crippen LogP) is 2.66. The number of rotatable bonds is 5. The van der Waals surface area contributed by atoms with E-state index < -0.39 is 0 Å². The second-order valence-electron chi connectivity index (χ2n) is 5.09. The van der Waals surface area contributed by atoms with Crippen LogP contribution >= 0.6 is 11.6 Å². The Morgan fingerprint density at radius 3 is 2.80 bits per heavy atom. The molecule has 6 nitrogen and oxygen atoms in total. The van der Waals surface area contributed by atoms with Gasteiger partial charge < -0.3 is 10.6 Å². The predicted molar refractivity (Wildman–Crippen MR) is 79.1 cm³/mol. The van der Waals surface area contributed by atoms with Crippen molar-refractivity contribution in [1.29, 1.82) is 0 Å². The lowest BCUT2D eigenvalue weighted by molar-refractivity contribution is 0.955. The second-order valence-corrected chi connectivity index (χ2v) is 5.48. The lowest BCUT2D eigenvalue weighted by Gasteiger charge is -2.08. The minimum Gasteiger partial charge on any atom is -0.364 e. The zero-order valence-corrected chi connectivity index (χ0v) is 12.3. The lowest BCUT2D eigenvalue weighted by atomic mass is 10.2. The highest BCUT2D eigenvalue weighted by molar-refractivity contribution is 6.29. The van der Waals surface area contributed by atoms with Crippen LogP contribution in [0.15, 0.2) is 6.07 Å².